The number of carbonyl (C=O) groups excluding carboxylic acids is 1. The summed E-state index contributed by atoms with van der Waals surface area (Å²) in [7, 11) is 1.85. The summed E-state index contributed by atoms with van der Waals surface area (Å²) in [6.07, 6.45) is 3.61. The van der Waals surface area contributed by atoms with E-state index in [1.165, 1.54) is 6.92 Å². The zero-order valence-electron chi connectivity index (χ0n) is 10.2. The molecule has 0 saturated heterocycles. The number of carbonyl (C=O) groups is 1. The Hall–Kier alpha value is -1.81. The number of hydrogen-bond donors (Lipinski definition) is 0. The van der Waals surface area contributed by atoms with Gasteiger partial charge in [-0.1, -0.05) is 11.6 Å². The number of ether oxygens (including phenoxy) is 1. The fourth-order valence-electron chi connectivity index (χ4n) is 1.54. The highest BCUT2D eigenvalue weighted by Crippen LogP contribution is 2.26. The van der Waals surface area contributed by atoms with Gasteiger partial charge in [0, 0.05) is 24.4 Å². The van der Waals surface area contributed by atoms with Gasteiger partial charge in [0.05, 0.1) is 11.2 Å². The lowest BCUT2D eigenvalue weighted by molar-refractivity contribution is 0.101. The number of Topliss-reactive ketones (excluding diaryl/α,β-unsaturated/α-hetero) is 1. The SMILES string of the molecule is CC(=O)c1ccc(OCc2cnn(C)c2)c(Cl)c1. The third kappa shape index (κ3) is 2.90. The van der Waals surface area contributed by atoms with Crippen molar-refractivity contribution in [3.63, 3.8) is 0 Å². The van der Waals surface area contributed by atoms with Crippen LogP contribution in [0.5, 0.6) is 5.75 Å². The fourth-order valence-corrected chi connectivity index (χ4v) is 1.78. The smallest absolute Gasteiger partial charge is 0.159 e. The molecule has 18 heavy (non-hydrogen) atoms. The van der Waals surface area contributed by atoms with Crippen LogP contribution in [0.3, 0.4) is 0 Å². The maximum absolute atomic E-state index is 11.2. The molecule has 0 saturated carbocycles. The van der Waals surface area contributed by atoms with E-state index in [2.05, 4.69) is 5.10 Å². The molecule has 2 aromatic rings. The van der Waals surface area contributed by atoms with Gasteiger partial charge in [-0.3, -0.25) is 9.48 Å². The molecule has 94 valence electrons. The number of aryl methyl sites for hydroxylation is 1. The normalized spacial score (nSPS) is 10.4. The van der Waals surface area contributed by atoms with E-state index in [-0.39, 0.29) is 5.78 Å². The third-order valence-corrected chi connectivity index (χ3v) is 2.79. The van der Waals surface area contributed by atoms with Crippen molar-refractivity contribution in [1.29, 1.82) is 0 Å². The second kappa shape index (κ2) is 5.23. The second-order valence-electron chi connectivity index (χ2n) is 4.01. The van der Waals surface area contributed by atoms with Gasteiger partial charge in [0.15, 0.2) is 5.78 Å². The van der Waals surface area contributed by atoms with E-state index in [4.69, 9.17) is 16.3 Å². The van der Waals surface area contributed by atoms with Gasteiger partial charge < -0.3 is 4.74 Å². The van der Waals surface area contributed by atoms with E-state index in [1.807, 2.05) is 13.2 Å². The van der Waals surface area contributed by atoms with Crippen molar-refractivity contribution in [3.8, 4) is 5.75 Å². The zero-order chi connectivity index (χ0) is 13.1. The molecule has 0 spiro atoms. The van der Waals surface area contributed by atoms with Gasteiger partial charge in [0.25, 0.3) is 0 Å². The van der Waals surface area contributed by atoms with Crippen LogP contribution in [0.4, 0.5) is 0 Å². The molecule has 0 aliphatic carbocycles. The number of aromatic nitrogens is 2. The summed E-state index contributed by atoms with van der Waals surface area (Å²) < 4.78 is 7.28. The Bertz CT molecular complexity index is 578. The van der Waals surface area contributed by atoms with Crippen LogP contribution >= 0.6 is 11.6 Å². The average molecular weight is 265 g/mol. The Morgan fingerprint density at radius 3 is 2.83 bits per heavy atom. The minimum absolute atomic E-state index is 0.0179. The first-order chi connectivity index (χ1) is 8.56. The molecular formula is C13H13ClN2O2. The first-order valence-electron chi connectivity index (χ1n) is 5.47. The van der Waals surface area contributed by atoms with Crippen molar-refractivity contribution in [2.75, 3.05) is 0 Å². The van der Waals surface area contributed by atoms with Crippen LogP contribution in [0, 0.1) is 0 Å². The predicted molar refractivity (Wildman–Crippen MR) is 69.0 cm³/mol. The highest BCUT2D eigenvalue weighted by Gasteiger charge is 2.06. The highest BCUT2D eigenvalue weighted by atomic mass is 35.5. The Balaban J connectivity index is 2.08. The molecule has 5 heteroatoms. The van der Waals surface area contributed by atoms with Crippen molar-refractivity contribution in [2.24, 2.45) is 7.05 Å². The van der Waals surface area contributed by atoms with Crippen LogP contribution in [0.1, 0.15) is 22.8 Å². The topological polar surface area (TPSA) is 44.1 Å². The maximum atomic E-state index is 11.2. The first kappa shape index (κ1) is 12.6. The Morgan fingerprint density at radius 2 is 2.28 bits per heavy atom. The van der Waals surface area contributed by atoms with Gasteiger partial charge in [-0.25, -0.2) is 0 Å². The summed E-state index contributed by atoms with van der Waals surface area (Å²) in [5.74, 6) is 0.543. The lowest BCUT2D eigenvalue weighted by Crippen LogP contribution is -1.97. The quantitative estimate of drug-likeness (QED) is 0.798. The molecule has 0 amide bonds. The second-order valence-corrected chi connectivity index (χ2v) is 4.42. The van der Waals surface area contributed by atoms with Crippen LogP contribution in [0.2, 0.25) is 5.02 Å². The number of hydrogen-bond acceptors (Lipinski definition) is 3. The largest absolute Gasteiger partial charge is 0.487 e. The number of ketones is 1. The van der Waals surface area contributed by atoms with Crippen LogP contribution in [-0.2, 0) is 13.7 Å². The Kier molecular flexibility index (Phi) is 3.67. The molecule has 0 aliphatic rings. The van der Waals surface area contributed by atoms with E-state index in [0.717, 1.165) is 5.56 Å². The Labute approximate surface area is 110 Å². The van der Waals surface area contributed by atoms with Gasteiger partial charge in [-0.2, -0.15) is 5.10 Å². The molecule has 2 rings (SSSR count). The maximum Gasteiger partial charge on any atom is 0.159 e. The van der Waals surface area contributed by atoms with E-state index in [1.54, 1.807) is 29.1 Å². The summed E-state index contributed by atoms with van der Waals surface area (Å²) in [6.45, 7) is 1.90. The molecule has 0 unspecified atom stereocenters. The molecule has 4 nitrogen and oxygen atoms in total. The predicted octanol–water partition coefficient (Wildman–Crippen LogP) is 2.86. The van der Waals surface area contributed by atoms with Crippen molar-refractivity contribution in [2.45, 2.75) is 13.5 Å². The summed E-state index contributed by atoms with van der Waals surface area (Å²) in [5.41, 5.74) is 1.54. The molecule has 0 radical (unpaired) electrons. The summed E-state index contributed by atoms with van der Waals surface area (Å²) in [6, 6.07) is 5.02. The van der Waals surface area contributed by atoms with Crippen molar-refractivity contribution in [1.82, 2.24) is 9.78 Å². The molecule has 0 N–H and O–H groups in total. The summed E-state index contributed by atoms with van der Waals surface area (Å²) in [5, 5.41) is 4.48. The van der Waals surface area contributed by atoms with Crippen LogP contribution in [-0.4, -0.2) is 15.6 Å². The van der Waals surface area contributed by atoms with Gasteiger partial charge in [-0.15, -0.1) is 0 Å². The monoisotopic (exact) mass is 264 g/mol. The van der Waals surface area contributed by atoms with E-state index < -0.39 is 0 Å². The fraction of sp³-hybridized carbons (Fsp3) is 0.231. The zero-order valence-corrected chi connectivity index (χ0v) is 10.9. The summed E-state index contributed by atoms with van der Waals surface area (Å²) >= 11 is 6.05. The molecule has 0 fully saturated rings. The Morgan fingerprint density at radius 1 is 1.50 bits per heavy atom. The molecule has 0 bridgehead atoms. The average Bonchev–Trinajstić information content (AvgIpc) is 2.73. The lowest BCUT2D eigenvalue weighted by Gasteiger charge is -2.07. The molecule has 1 heterocycles. The van der Waals surface area contributed by atoms with Gasteiger partial charge >= 0.3 is 0 Å². The number of benzene rings is 1. The van der Waals surface area contributed by atoms with Gasteiger partial charge in [0.1, 0.15) is 12.4 Å². The number of halogens is 1. The van der Waals surface area contributed by atoms with Crippen molar-refractivity contribution in [3.05, 3.63) is 46.7 Å². The summed E-state index contributed by atoms with van der Waals surface area (Å²) in [4.78, 5) is 11.2. The highest BCUT2D eigenvalue weighted by molar-refractivity contribution is 6.32. The van der Waals surface area contributed by atoms with E-state index >= 15 is 0 Å². The van der Waals surface area contributed by atoms with Gasteiger partial charge in [-0.05, 0) is 25.1 Å². The minimum Gasteiger partial charge on any atom is -0.487 e. The number of rotatable bonds is 4. The van der Waals surface area contributed by atoms with Crippen molar-refractivity contribution < 1.29 is 9.53 Å². The molecule has 1 aromatic heterocycles. The standard InChI is InChI=1S/C13H13ClN2O2/c1-9(17)11-3-4-13(12(14)5-11)18-8-10-6-15-16(2)7-10/h3-7H,8H2,1-2H3. The van der Waals surface area contributed by atoms with Crippen LogP contribution in [0.15, 0.2) is 30.6 Å². The van der Waals surface area contributed by atoms with E-state index in [9.17, 15) is 4.79 Å². The van der Waals surface area contributed by atoms with Crippen molar-refractivity contribution >= 4 is 17.4 Å². The molecule has 0 atom stereocenters. The van der Waals surface area contributed by atoms with Crippen LogP contribution in [0.25, 0.3) is 0 Å². The minimum atomic E-state index is -0.0179. The van der Waals surface area contributed by atoms with Crippen LogP contribution < -0.4 is 4.74 Å². The molecule has 1 aromatic carbocycles. The molecular weight excluding hydrogens is 252 g/mol. The van der Waals surface area contributed by atoms with E-state index in [0.29, 0.717) is 22.9 Å². The first-order valence-corrected chi connectivity index (χ1v) is 5.85. The molecule has 0 aliphatic heterocycles. The number of nitrogens with zero attached hydrogens (tertiary/aromatic N) is 2. The lowest BCUT2D eigenvalue weighted by atomic mass is 10.1. The van der Waals surface area contributed by atoms with Gasteiger partial charge in [0.2, 0.25) is 0 Å². The third-order valence-electron chi connectivity index (χ3n) is 2.49.